The van der Waals surface area contributed by atoms with E-state index in [2.05, 4.69) is 16.9 Å². The first kappa shape index (κ1) is 21.8. The summed E-state index contributed by atoms with van der Waals surface area (Å²) in [6.07, 6.45) is -3.36. The van der Waals surface area contributed by atoms with Gasteiger partial charge in [-0.1, -0.05) is 6.08 Å². The number of halogens is 3. The fourth-order valence-electron chi connectivity index (χ4n) is 1.99. The van der Waals surface area contributed by atoms with E-state index in [1.54, 1.807) is 6.08 Å². The molecular weight excluding hydrogens is 417 g/mol. The number of nitro benzene ring substituents is 1. The van der Waals surface area contributed by atoms with E-state index in [1.165, 1.54) is 5.38 Å². The number of carbonyl (C=O) groups is 2. The lowest BCUT2D eigenvalue weighted by Crippen LogP contribution is -2.23. The summed E-state index contributed by atoms with van der Waals surface area (Å²) in [5.41, 5.74) is -2.97. The fraction of sp³-hybridized carbons (Fsp3) is 0.188. The van der Waals surface area contributed by atoms with E-state index in [0.717, 1.165) is 23.5 Å². The Morgan fingerprint density at radius 2 is 2.10 bits per heavy atom. The molecule has 13 heteroatoms. The molecule has 0 saturated heterocycles. The highest BCUT2D eigenvalue weighted by Gasteiger charge is 2.35. The molecule has 29 heavy (non-hydrogen) atoms. The second-order valence-electron chi connectivity index (χ2n) is 5.32. The summed E-state index contributed by atoms with van der Waals surface area (Å²) in [5.74, 6) is -2.00. The third-order valence-corrected chi connectivity index (χ3v) is 4.04. The van der Waals surface area contributed by atoms with Crippen molar-refractivity contribution in [3.63, 3.8) is 0 Å². The van der Waals surface area contributed by atoms with Crippen molar-refractivity contribution in [2.24, 2.45) is 0 Å². The average Bonchev–Trinajstić information content (AvgIpc) is 3.12. The Morgan fingerprint density at radius 3 is 2.72 bits per heavy atom. The minimum absolute atomic E-state index is 0.0827. The fourth-order valence-corrected chi connectivity index (χ4v) is 2.68. The zero-order chi connectivity index (χ0) is 21.6. The van der Waals surface area contributed by atoms with Crippen molar-refractivity contribution < 1.29 is 32.4 Å². The van der Waals surface area contributed by atoms with Gasteiger partial charge in [-0.05, 0) is 6.07 Å². The first-order valence-electron chi connectivity index (χ1n) is 7.74. The molecule has 0 atom stereocenters. The molecule has 0 bridgehead atoms. The normalized spacial score (nSPS) is 10.9. The van der Waals surface area contributed by atoms with Gasteiger partial charge >= 0.3 is 12.1 Å². The Morgan fingerprint density at radius 1 is 1.38 bits per heavy atom. The number of amides is 1. The van der Waals surface area contributed by atoms with Crippen LogP contribution in [0.5, 0.6) is 0 Å². The molecule has 0 saturated carbocycles. The molecule has 1 aromatic heterocycles. The Kier molecular flexibility index (Phi) is 6.88. The minimum atomic E-state index is -4.94. The molecule has 9 nitrogen and oxygen atoms in total. The molecule has 0 aliphatic rings. The van der Waals surface area contributed by atoms with E-state index in [4.69, 9.17) is 4.74 Å². The van der Waals surface area contributed by atoms with Gasteiger partial charge in [0.15, 0.2) is 17.4 Å². The Bertz CT molecular complexity index is 945. The highest BCUT2D eigenvalue weighted by atomic mass is 32.1. The number of carbonyl (C=O) groups excluding carboxylic acids is 2. The van der Waals surface area contributed by atoms with Crippen LogP contribution < -0.4 is 10.6 Å². The summed E-state index contributed by atoms with van der Waals surface area (Å²) in [7, 11) is 0. The van der Waals surface area contributed by atoms with Gasteiger partial charge in [0, 0.05) is 24.1 Å². The summed E-state index contributed by atoms with van der Waals surface area (Å²) < 4.78 is 44.0. The van der Waals surface area contributed by atoms with Gasteiger partial charge in [0.2, 0.25) is 0 Å². The highest BCUT2D eigenvalue weighted by Crippen LogP contribution is 2.37. The van der Waals surface area contributed by atoms with Gasteiger partial charge in [0.25, 0.3) is 11.6 Å². The third-order valence-electron chi connectivity index (χ3n) is 3.24. The molecule has 0 aliphatic carbocycles. The topological polar surface area (TPSA) is 123 Å². The number of hydrogen-bond donors (Lipinski definition) is 2. The lowest BCUT2D eigenvalue weighted by Gasteiger charge is -2.13. The number of anilines is 2. The number of rotatable bonds is 8. The number of alkyl halides is 3. The Hall–Kier alpha value is -3.48. The van der Waals surface area contributed by atoms with Crippen LogP contribution in [0.25, 0.3) is 0 Å². The van der Waals surface area contributed by atoms with Crippen LogP contribution in [0.15, 0.2) is 36.2 Å². The standard InChI is InChI=1S/C16H13F3N4O5S/c1-2-5-20-15-22-12(8-29-15)14(25)28-7-13(24)21-11-4-3-9(23(26)27)6-10(11)16(17,18)19/h2-4,6,8H,1,5,7H2,(H,20,22)(H,21,24). The summed E-state index contributed by atoms with van der Waals surface area (Å²) >= 11 is 1.11. The molecule has 2 aromatic rings. The predicted octanol–water partition coefficient (Wildman–Crippen LogP) is 3.46. The zero-order valence-corrected chi connectivity index (χ0v) is 15.3. The molecule has 2 N–H and O–H groups in total. The van der Waals surface area contributed by atoms with Gasteiger partial charge in [0.1, 0.15) is 0 Å². The number of thiazole rings is 1. The zero-order valence-electron chi connectivity index (χ0n) is 14.5. The van der Waals surface area contributed by atoms with E-state index < -0.39 is 46.5 Å². The van der Waals surface area contributed by atoms with Crippen LogP contribution in [0, 0.1) is 10.1 Å². The molecule has 2 rings (SSSR count). The smallest absolute Gasteiger partial charge is 0.418 e. The molecule has 0 fully saturated rings. The summed E-state index contributed by atoms with van der Waals surface area (Å²) in [4.78, 5) is 37.3. The molecule has 154 valence electrons. The van der Waals surface area contributed by atoms with Crippen molar-refractivity contribution in [2.75, 3.05) is 23.8 Å². The van der Waals surface area contributed by atoms with Crippen LogP contribution in [0.2, 0.25) is 0 Å². The minimum Gasteiger partial charge on any atom is -0.451 e. The van der Waals surface area contributed by atoms with Crippen molar-refractivity contribution in [1.82, 2.24) is 4.98 Å². The van der Waals surface area contributed by atoms with E-state index in [-0.39, 0.29) is 5.69 Å². The van der Waals surface area contributed by atoms with Crippen LogP contribution in [0.1, 0.15) is 16.1 Å². The average molecular weight is 430 g/mol. The summed E-state index contributed by atoms with van der Waals surface area (Å²) in [5, 5.41) is 17.2. The van der Waals surface area contributed by atoms with Crippen molar-refractivity contribution >= 4 is 39.7 Å². The number of nitro groups is 1. The van der Waals surface area contributed by atoms with Crippen LogP contribution in [-0.4, -0.2) is 34.9 Å². The predicted molar refractivity (Wildman–Crippen MR) is 97.8 cm³/mol. The van der Waals surface area contributed by atoms with Crippen molar-refractivity contribution in [2.45, 2.75) is 6.18 Å². The monoisotopic (exact) mass is 430 g/mol. The maximum absolute atomic E-state index is 13.1. The molecule has 0 spiro atoms. The number of hydrogen-bond acceptors (Lipinski definition) is 8. The molecule has 1 heterocycles. The van der Waals surface area contributed by atoms with Gasteiger partial charge in [-0.2, -0.15) is 13.2 Å². The maximum atomic E-state index is 13.1. The molecule has 1 aromatic carbocycles. The number of nitrogens with one attached hydrogen (secondary N) is 2. The highest BCUT2D eigenvalue weighted by molar-refractivity contribution is 7.13. The van der Waals surface area contributed by atoms with Gasteiger partial charge in [-0.15, -0.1) is 17.9 Å². The second-order valence-corrected chi connectivity index (χ2v) is 6.17. The maximum Gasteiger partial charge on any atom is 0.418 e. The van der Waals surface area contributed by atoms with Crippen molar-refractivity contribution in [3.8, 4) is 0 Å². The first-order valence-corrected chi connectivity index (χ1v) is 8.62. The number of ether oxygens (including phenoxy) is 1. The number of nitrogens with zero attached hydrogens (tertiary/aromatic N) is 2. The third kappa shape index (κ3) is 6.00. The van der Waals surface area contributed by atoms with Crippen molar-refractivity contribution in [3.05, 3.63) is 57.6 Å². The number of non-ortho nitro benzene ring substituents is 1. The SMILES string of the molecule is C=CCNc1nc(C(=O)OCC(=O)Nc2ccc([N+](=O)[O-])cc2C(F)(F)F)cs1. The van der Waals surface area contributed by atoms with E-state index in [1.807, 2.05) is 5.32 Å². The number of benzene rings is 1. The van der Waals surface area contributed by atoms with Crippen molar-refractivity contribution in [1.29, 1.82) is 0 Å². The van der Waals surface area contributed by atoms with Crippen LogP contribution >= 0.6 is 11.3 Å². The molecule has 0 unspecified atom stereocenters. The second kappa shape index (κ2) is 9.14. The van der Waals surface area contributed by atoms with Crippen LogP contribution in [0.3, 0.4) is 0 Å². The molecule has 0 aliphatic heterocycles. The lowest BCUT2D eigenvalue weighted by atomic mass is 10.1. The Balaban J connectivity index is 2.02. The summed E-state index contributed by atoms with van der Waals surface area (Å²) in [6.45, 7) is 3.05. The van der Waals surface area contributed by atoms with E-state index in [0.29, 0.717) is 17.7 Å². The van der Waals surface area contributed by atoms with Gasteiger partial charge in [-0.3, -0.25) is 14.9 Å². The molecule has 0 radical (unpaired) electrons. The molecular formula is C16H13F3N4O5S. The summed E-state index contributed by atoms with van der Waals surface area (Å²) in [6, 6.07) is 1.86. The lowest BCUT2D eigenvalue weighted by molar-refractivity contribution is -0.385. The first-order chi connectivity index (χ1) is 13.6. The van der Waals surface area contributed by atoms with Crippen LogP contribution in [0.4, 0.5) is 29.7 Å². The Labute approximate surface area is 165 Å². The van der Waals surface area contributed by atoms with Gasteiger partial charge in [0.05, 0.1) is 16.2 Å². The molecule has 1 amide bonds. The number of aromatic nitrogens is 1. The largest absolute Gasteiger partial charge is 0.451 e. The van der Waals surface area contributed by atoms with Gasteiger partial charge < -0.3 is 15.4 Å². The van der Waals surface area contributed by atoms with Crippen LogP contribution in [-0.2, 0) is 15.7 Å². The quantitative estimate of drug-likeness (QED) is 0.284. The van der Waals surface area contributed by atoms with Gasteiger partial charge in [-0.25, -0.2) is 9.78 Å². The number of esters is 1. The van der Waals surface area contributed by atoms with E-state index in [9.17, 15) is 32.9 Å². The van der Waals surface area contributed by atoms with E-state index >= 15 is 0 Å².